The van der Waals surface area contributed by atoms with Gasteiger partial charge in [-0.2, -0.15) is 18.2 Å². The Morgan fingerprint density at radius 3 is 2.47 bits per heavy atom. The van der Waals surface area contributed by atoms with Crippen LogP contribution in [0.4, 0.5) is 13.2 Å². The molecular formula is C25H27F3N4O2. The van der Waals surface area contributed by atoms with Crippen molar-refractivity contribution in [2.24, 2.45) is 11.7 Å². The van der Waals surface area contributed by atoms with Crippen molar-refractivity contribution in [1.82, 2.24) is 15.0 Å². The lowest BCUT2D eigenvalue weighted by Crippen LogP contribution is -2.28. The van der Waals surface area contributed by atoms with Crippen molar-refractivity contribution in [3.05, 3.63) is 71.1 Å². The Labute approximate surface area is 195 Å². The van der Waals surface area contributed by atoms with Gasteiger partial charge in [-0.25, -0.2) is 0 Å². The van der Waals surface area contributed by atoms with E-state index in [2.05, 4.69) is 15.0 Å². The second kappa shape index (κ2) is 9.97. The summed E-state index contributed by atoms with van der Waals surface area (Å²) in [5.41, 5.74) is 6.05. The number of amides is 1. The van der Waals surface area contributed by atoms with Gasteiger partial charge in [-0.15, -0.1) is 0 Å². The zero-order valence-corrected chi connectivity index (χ0v) is 18.9. The largest absolute Gasteiger partial charge is 0.416 e. The second-order valence-electron chi connectivity index (χ2n) is 8.96. The third-order valence-corrected chi connectivity index (χ3v) is 6.41. The maximum Gasteiger partial charge on any atom is 0.416 e. The predicted octanol–water partition coefficient (Wildman–Crippen LogP) is 5.26. The number of rotatable bonds is 7. The highest BCUT2D eigenvalue weighted by Crippen LogP contribution is 2.39. The molecule has 0 aliphatic heterocycles. The number of carbonyl (C=O) groups excluding carboxylic acids is 1. The number of hydrogen-bond acceptors (Lipinski definition) is 5. The van der Waals surface area contributed by atoms with Crippen LogP contribution >= 0.6 is 0 Å². The summed E-state index contributed by atoms with van der Waals surface area (Å²) in [6.45, 7) is 1.37. The summed E-state index contributed by atoms with van der Waals surface area (Å²) in [5, 5.41) is 4.05. The molecule has 180 valence electrons. The average molecular weight is 473 g/mol. The molecule has 0 saturated heterocycles. The fraction of sp³-hybridized carbons (Fsp3) is 0.400. The predicted molar refractivity (Wildman–Crippen MR) is 121 cm³/mol. The number of hydrogen-bond donors (Lipinski definition) is 1. The molecule has 1 aliphatic carbocycles. The maximum atomic E-state index is 13.1. The highest BCUT2D eigenvalue weighted by Gasteiger charge is 2.33. The molecule has 0 spiro atoms. The van der Waals surface area contributed by atoms with Gasteiger partial charge < -0.3 is 10.3 Å². The number of nitrogens with zero attached hydrogens (tertiary/aromatic N) is 3. The van der Waals surface area contributed by atoms with E-state index in [1.807, 2.05) is 37.4 Å². The Balaban J connectivity index is 1.33. The summed E-state index contributed by atoms with van der Waals surface area (Å²) in [4.78, 5) is 18.5. The lowest BCUT2D eigenvalue weighted by molar-refractivity contribution is -0.137. The van der Waals surface area contributed by atoms with Crippen LogP contribution < -0.4 is 5.73 Å². The van der Waals surface area contributed by atoms with E-state index in [0.717, 1.165) is 49.9 Å². The van der Waals surface area contributed by atoms with E-state index in [-0.39, 0.29) is 11.5 Å². The molecular weight excluding hydrogens is 445 g/mol. The van der Waals surface area contributed by atoms with Crippen LogP contribution in [0.25, 0.3) is 11.4 Å². The van der Waals surface area contributed by atoms with E-state index < -0.39 is 17.6 Å². The molecule has 4 rings (SSSR count). The Hall–Kier alpha value is -3.20. The van der Waals surface area contributed by atoms with Crippen molar-refractivity contribution in [1.29, 1.82) is 0 Å². The number of alkyl halides is 3. The van der Waals surface area contributed by atoms with Crippen molar-refractivity contribution in [3.63, 3.8) is 0 Å². The molecule has 6 nitrogen and oxygen atoms in total. The van der Waals surface area contributed by atoms with Crippen molar-refractivity contribution in [2.45, 2.75) is 44.3 Å². The molecule has 1 aromatic heterocycles. The standard InChI is InChI=1S/C25H27F3N4O2/c1-32(15-22-30-24(31-34-22)18-5-3-2-4-6-18)14-16-7-9-17(10-8-16)20-12-11-19(25(26,27)28)13-21(20)23(29)33/h2-6,11-13,16-17H,7-10,14-15H2,1H3,(H2,29,33). The number of nitrogens with two attached hydrogens (primary N) is 1. The highest BCUT2D eigenvalue weighted by molar-refractivity contribution is 5.94. The second-order valence-corrected chi connectivity index (χ2v) is 8.96. The van der Waals surface area contributed by atoms with Gasteiger partial charge in [0.25, 0.3) is 0 Å². The van der Waals surface area contributed by atoms with Crippen LogP contribution in [0.15, 0.2) is 53.1 Å². The van der Waals surface area contributed by atoms with Gasteiger partial charge in [0.05, 0.1) is 12.1 Å². The monoisotopic (exact) mass is 472 g/mol. The quantitative estimate of drug-likeness (QED) is 0.507. The molecule has 1 fully saturated rings. The minimum absolute atomic E-state index is 0.0238. The summed E-state index contributed by atoms with van der Waals surface area (Å²) in [5.74, 6) is 0.745. The third kappa shape index (κ3) is 5.64. The average Bonchev–Trinajstić information content (AvgIpc) is 3.27. The first kappa shape index (κ1) is 23.9. The molecule has 1 aliphatic rings. The minimum Gasteiger partial charge on any atom is -0.366 e. The highest BCUT2D eigenvalue weighted by atomic mass is 19.4. The molecule has 2 aromatic carbocycles. The first-order valence-electron chi connectivity index (χ1n) is 11.3. The van der Waals surface area contributed by atoms with E-state index >= 15 is 0 Å². The molecule has 1 amide bonds. The summed E-state index contributed by atoms with van der Waals surface area (Å²) in [6.07, 6.45) is -1.10. The van der Waals surface area contributed by atoms with Gasteiger partial charge in [-0.3, -0.25) is 9.69 Å². The summed E-state index contributed by atoms with van der Waals surface area (Å²) in [7, 11) is 2.00. The molecule has 0 bridgehead atoms. The number of carbonyl (C=O) groups is 1. The molecule has 0 unspecified atom stereocenters. The fourth-order valence-corrected chi connectivity index (χ4v) is 4.72. The van der Waals surface area contributed by atoms with Crippen LogP contribution in [0.1, 0.15) is 59.0 Å². The van der Waals surface area contributed by atoms with Crippen LogP contribution in [-0.2, 0) is 12.7 Å². The molecule has 0 radical (unpaired) electrons. The number of primary amides is 1. The molecule has 9 heteroatoms. The first-order chi connectivity index (χ1) is 16.2. The normalized spacial score (nSPS) is 18.9. The van der Waals surface area contributed by atoms with E-state index in [4.69, 9.17) is 10.3 Å². The van der Waals surface area contributed by atoms with Crippen molar-refractivity contribution >= 4 is 5.91 Å². The van der Waals surface area contributed by atoms with Gasteiger partial charge in [-0.1, -0.05) is 41.6 Å². The van der Waals surface area contributed by atoms with Crippen molar-refractivity contribution < 1.29 is 22.5 Å². The number of halogens is 3. The van der Waals surface area contributed by atoms with Gasteiger partial charge in [0, 0.05) is 17.7 Å². The van der Waals surface area contributed by atoms with Crippen LogP contribution in [0.5, 0.6) is 0 Å². The van der Waals surface area contributed by atoms with E-state index in [1.54, 1.807) is 0 Å². The van der Waals surface area contributed by atoms with Gasteiger partial charge in [-0.05, 0) is 62.3 Å². The Bertz CT molecular complexity index is 1120. The molecule has 0 atom stereocenters. The van der Waals surface area contributed by atoms with Gasteiger partial charge >= 0.3 is 6.18 Å². The van der Waals surface area contributed by atoms with Crippen LogP contribution in [0.2, 0.25) is 0 Å². The fourth-order valence-electron chi connectivity index (χ4n) is 4.72. The molecule has 1 heterocycles. The number of aromatic nitrogens is 2. The third-order valence-electron chi connectivity index (χ3n) is 6.41. The van der Waals surface area contributed by atoms with Crippen molar-refractivity contribution in [3.8, 4) is 11.4 Å². The van der Waals surface area contributed by atoms with E-state index in [0.29, 0.717) is 29.7 Å². The molecule has 2 N–H and O–H groups in total. The lowest BCUT2D eigenvalue weighted by Gasteiger charge is -2.32. The minimum atomic E-state index is -4.51. The summed E-state index contributed by atoms with van der Waals surface area (Å²) in [6, 6.07) is 13.0. The van der Waals surface area contributed by atoms with Gasteiger partial charge in [0.1, 0.15) is 0 Å². The van der Waals surface area contributed by atoms with Gasteiger partial charge in [0.2, 0.25) is 17.6 Å². The Morgan fingerprint density at radius 2 is 1.82 bits per heavy atom. The van der Waals surface area contributed by atoms with Crippen LogP contribution in [-0.4, -0.2) is 34.5 Å². The summed E-state index contributed by atoms with van der Waals surface area (Å²) < 4.78 is 44.5. The smallest absolute Gasteiger partial charge is 0.366 e. The Morgan fingerprint density at radius 1 is 1.12 bits per heavy atom. The van der Waals surface area contributed by atoms with Crippen LogP contribution in [0.3, 0.4) is 0 Å². The Kier molecular flexibility index (Phi) is 7.02. The van der Waals surface area contributed by atoms with Gasteiger partial charge in [0.15, 0.2) is 0 Å². The van der Waals surface area contributed by atoms with E-state index in [9.17, 15) is 18.0 Å². The zero-order chi connectivity index (χ0) is 24.3. The summed E-state index contributed by atoms with van der Waals surface area (Å²) >= 11 is 0. The SMILES string of the molecule is CN(Cc1nc(-c2ccccc2)no1)CC1CCC(c2ccc(C(F)(F)F)cc2C(N)=O)CC1. The molecule has 34 heavy (non-hydrogen) atoms. The first-order valence-corrected chi connectivity index (χ1v) is 11.3. The molecule has 1 saturated carbocycles. The lowest BCUT2D eigenvalue weighted by atomic mass is 9.77. The van der Waals surface area contributed by atoms with E-state index in [1.165, 1.54) is 6.07 Å². The number of benzene rings is 2. The molecule has 3 aromatic rings. The van der Waals surface area contributed by atoms with Crippen LogP contribution in [0, 0.1) is 5.92 Å². The zero-order valence-electron chi connectivity index (χ0n) is 18.9. The topological polar surface area (TPSA) is 85.2 Å². The maximum absolute atomic E-state index is 13.1. The van der Waals surface area contributed by atoms with Crippen molar-refractivity contribution in [2.75, 3.05) is 13.6 Å².